The van der Waals surface area contributed by atoms with Crippen LogP contribution in [-0.2, 0) is 4.79 Å². The van der Waals surface area contributed by atoms with Crippen molar-refractivity contribution in [2.45, 2.75) is 84.6 Å². The molecule has 0 rings (SSSR count). The molecule has 2 N–H and O–H groups in total. The van der Waals surface area contributed by atoms with E-state index in [1.54, 1.807) is 0 Å². The summed E-state index contributed by atoms with van der Waals surface area (Å²) < 4.78 is 0. The lowest BCUT2D eigenvalue weighted by Gasteiger charge is -2.26. The molecular formula is C16H33NO2. The molecule has 1 atom stereocenters. The quantitative estimate of drug-likeness (QED) is 0.523. The third-order valence-electron chi connectivity index (χ3n) is 3.83. The van der Waals surface area contributed by atoms with Gasteiger partial charge in [0.1, 0.15) is 0 Å². The molecule has 114 valence electrons. The Kier molecular flexibility index (Phi) is 9.94. The van der Waals surface area contributed by atoms with Crippen molar-refractivity contribution in [3.63, 3.8) is 0 Å². The van der Waals surface area contributed by atoms with E-state index in [0.717, 1.165) is 32.2 Å². The summed E-state index contributed by atoms with van der Waals surface area (Å²) in [6.07, 6.45) is 8.70. The monoisotopic (exact) mass is 271 g/mol. The van der Waals surface area contributed by atoms with Crippen molar-refractivity contribution in [3.05, 3.63) is 0 Å². The molecule has 0 aromatic rings. The van der Waals surface area contributed by atoms with Crippen molar-refractivity contribution in [1.82, 2.24) is 5.32 Å². The van der Waals surface area contributed by atoms with Gasteiger partial charge in [-0.1, -0.05) is 39.5 Å². The van der Waals surface area contributed by atoms with Crippen LogP contribution in [0.5, 0.6) is 0 Å². The molecule has 0 radical (unpaired) electrons. The van der Waals surface area contributed by atoms with E-state index < -0.39 is 5.97 Å². The van der Waals surface area contributed by atoms with Gasteiger partial charge in [-0.25, -0.2) is 0 Å². The third-order valence-corrected chi connectivity index (χ3v) is 3.83. The molecule has 3 heteroatoms. The zero-order valence-electron chi connectivity index (χ0n) is 13.3. The molecule has 0 amide bonds. The molecule has 0 aromatic carbocycles. The normalized spacial score (nSPS) is 13.5. The highest BCUT2D eigenvalue weighted by molar-refractivity contribution is 5.69. The highest BCUT2D eigenvalue weighted by Gasteiger charge is 2.16. The van der Waals surface area contributed by atoms with Crippen LogP contribution >= 0.6 is 0 Å². The van der Waals surface area contributed by atoms with E-state index in [-0.39, 0.29) is 11.5 Å². The van der Waals surface area contributed by atoms with E-state index in [1.807, 2.05) is 6.92 Å². The maximum atomic E-state index is 10.9. The number of unbranched alkanes of at least 4 members (excludes halogenated alkanes) is 3. The van der Waals surface area contributed by atoms with Crippen molar-refractivity contribution in [2.75, 3.05) is 6.54 Å². The molecular weight excluding hydrogens is 238 g/mol. The Morgan fingerprint density at radius 1 is 1.16 bits per heavy atom. The topological polar surface area (TPSA) is 49.3 Å². The highest BCUT2D eigenvalue weighted by atomic mass is 16.4. The minimum atomic E-state index is -0.643. The molecule has 0 aromatic heterocycles. The number of carboxylic acids is 1. The standard InChI is InChI=1S/C16H33NO2/c1-5-7-9-12-16(3,4)17-13-10-8-11-14(6-2)15(18)19/h14,17H,5-13H2,1-4H3,(H,18,19). The van der Waals surface area contributed by atoms with Gasteiger partial charge in [-0.15, -0.1) is 0 Å². The van der Waals surface area contributed by atoms with Crippen molar-refractivity contribution < 1.29 is 9.90 Å². The first-order valence-electron chi connectivity index (χ1n) is 7.90. The number of carboxylic acid groups (broad SMARTS) is 1. The van der Waals surface area contributed by atoms with Crippen LogP contribution in [0.15, 0.2) is 0 Å². The first kappa shape index (κ1) is 18.4. The van der Waals surface area contributed by atoms with Crippen LogP contribution in [-0.4, -0.2) is 23.2 Å². The second-order valence-corrected chi connectivity index (χ2v) is 6.21. The maximum Gasteiger partial charge on any atom is 0.306 e. The molecule has 0 bridgehead atoms. The number of hydrogen-bond donors (Lipinski definition) is 2. The van der Waals surface area contributed by atoms with Gasteiger partial charge >= 0.3 is 5.97 Å². The Bertz CT molecular complexity index is 239. The fourth-order valence-electron chi connectivity index (χ4n) is 2.35. The third kappa shape index (κ3) is 9.94. The lowest BCUT2D eigenvalue weighted by atomic mass is 9.96. The van der Waals surface area contributed by atoms with Crippen molar-refractivity contribution in [1.29, 1.82) is 0 Å². The molecule has 0 saturated carbocycles. The smallest absolute Gasteiger partial charge is 0.306 e. The lowest BCUT2D eigenvalue weighted by Crippen LogP contribution is -2.39. The molecule has 19 heavy (non-hydrogen) atoms. The number of aliphatic carboxylic acids is 1. The van der Waals surface area contributed by atoms with Gasteiger partial charge in [0.05, 0.1) is 5.92 Å². The van der Waals surface area contributed by atoms with Crippen LogP contribution in [0.25, 0.3) is 0 Å². The predicted octanol–water partition coefficient (Wildman–Crippen LogP) is 4.22. The van der Waals surface area contributed by atoms with Crippen molar-refractivity contribution in [3.8, 4) is 0 Å². The Hall–Kier alpha value is -0.570. The maximum absolute atomic E-state index is 10.9. The number of hydrogen-bond acceptors (Lipinski definition) is 2. The average Bonchev–Trinajstić information content (AvgIpc) is 2.33. The molecule has 0 aliphatic carbocycles. The number of rotatable bonds is 12. The van der Waals surface area contributed by atoms with E-state index in [1.165, 1.54) is 25.7 Å². The molecule has 0 saturated heterocycles. The predicted molar refractivity (Wildman–Crippen MR) is 81.5 cm³/mol. The largest absolute Gasteiger partial charge is 0.481 e. The zero-order valence-corrected chi connectivity index (χ0v) is 13.3. The fraction of sp³-hybridized carbons (Fsp3) is 0.938. The fourth-order valence-corrected chi connectivity index (χ4v) is 2.35. The van der Waals surface area contributed by atoms with E-state index in [2.05, 4.69) is 26.1 Å². The molecule has 0 fully saturated rings. The summed E-state index contributed by atoms with van der Waals surface area (Å²) >= 11 is 0. The Labute approximate surface area is 119 Å². The molecule has 0 heterocycles. The van der Waals surface area contributed by atoms with Gasteiger partial charge in [-0.05, 0) is 46.1 Å². The summed E-state index contributed by atoms with van der Waals surface area (Å²) in [7, 11) is 0. The van der Waals surface area contributed by atoms with Crippen molar-refractivity contribution >= 4 is 5.97 Å². The van der Waals surface area contributed by atoms with Gasteiger partial charge in [-0.2, -0.15) is 0 Å². The molecule has 0 aliphatic rings. The molecule has 3 nitrogen and oxygen atoms in total. The molecule has 1 unspecified atom stereocenters. The minimum absolute atomic E-state index is 0.155. The summed E-state index contributed by atoms with van der Waals surface area (Å²) in [4.78, 5) is 10.9. The Morgan fingerprint density at radius 2 is 1.84 bits per heavy atom. The van der Waals surface area contributed by atoms with Gasteiger partial charge in [-0.3, -0.25) is 4.79 Å². The van der Waals surface area contributed by atoms with Gasteiger partial charge < -0.3 is 10.4 Å². The van der Waals surface area contributed by atoms with Gasteiger partial charge in [0.25, 0.3) is 0 Å². The average molecular weight is 271 g/mol. The zero-order chi connectivity index (χ0) is 14.7. The van der Waals surface area contributed by atoms with Crippen LogP contribution in [0.4, 0.5) is 0 Å². The van der Waals surface area contributed by atoms with E-state index in [0.29, 0.717) is 0 Å². The van der Waals surface area contributed by atoms with Crippen LogP contribution < -0.4 is 5.32 Å². The summed E-state index contributed by atoms with van der Waals surface area (Å²) in [5, 5.41) is 12.6. The van der Waals surface area contributed by atoms with Crippen LogP contribution in [0.1, 0.15) is 79.1 Å². The lowest BCUT2D eigenvalue weighted by molar-refractivity contribution is -0.142. The number of nitrogens with one attached hydrogen (secondary N) is 1. The van der Waals surface area contributed by atoms with E-state index in [9.17, 15) is 4.79 Å². The highest BCUT2D eigenvalue weighted by Crippen LogP contribution is 2.15. The summed E-state index contributed by atoms with van der Waals surface area (Å²) in [5.74, 6) is -0.798. The Balaban J connectivity index is 3.64. The summed E-state index contributed by atoms with van der Waals surface area (Å²) in [6.45, 7) is 9.69. The van der Waals surface area contributed by atoms with E-state index >= 15 is 0 Å². The van der Waals surface area contributed by atoms with Crippen LogP contribution in [0, 0.1) is 5.92 Å². The second kappa shape index (κ2) is 10.2. The van der Waals surface area contributed by atoms with Crippen LogP contribution in [0.2, 0.25) is 0 Å². The molecule has 0 aliphatic heterocycles. The van der Waals surface area contributed by atoms with E-state index in [4.69, 9.17) is 5.11 Å². The number of carbonyl (C=O) groups is 1. The summed E-state index contributed by atoms with van der Waals surface area (Å²) in [6, 6.07) is 0. The van der Waals surface area contributed by atoms with Gasteiger partial charge in [0, 0.05) is 5.54 Å². The molecule has 0 spiro atoms. The SMILES string of the molecule is CCCCCC(C)(C)NCCCCC(CC)C(=O)O. The minimum Gasteiger partial charge on any atom is -0.481 e. The van der Waals surface area contributed by atoms with Gasteiger partial charge in [0.15, 0.2) is 0 Å². The van der Waals surface area contributed by atoms with Crippen LogP contribution in [0.3, 0.4) is 0 Å². The second-order valence-electron chi connectivity index (χ2n) is 6.21. The first-order chi connectivity index (χ1) is 8.93. The summed E-state index contributed by atoms with van der Waals surface area (Å²) in [5.41, 5.74) is 0.214. The van der Waals surface area contributed by atoms with Crippen molar-refractivity contribution in [2.24, 2.45) is 5.92 Å². The van der Waals surface area contributed by atoms with Gasteiger partial charge in [0.2, 0.25) is 0 Å². The Morgan fingerprint density at radius 3 is 2.37 bits per heavy atom. The first-order valence-corrected chi connectivity index (χ1v) is 7.90.